The molecule has 2 unspecified atom stereocenters. The zero-order valence-electron chi connectivity index (χ0n) is 15.9. The molecule has 1 aromatic heterocycles. The fourth-order valence-electron chi connectivity index (χ4n) is 4.38. The van der Waals surface area contributed by atoms with Crippen molar-refractivity contribution in [3.63, 3.8) is 0 Å². The highest BCUT2D eigenvalue weighted by molar-refractivity contribution is 5.95. The lowest BCUT2D eigenvalue weighted by Crippen LogP contribution is -2.32. The van der Waals surface area contributed by atoms with E-state index in [2.05, 4.69) is 11.0 Å². The molecule has 0 spiro atoms. The highest BCUT2D eigenvalue weighted by atomic mass is 16.4. The Morgan fingerprint density at radius 2 is 2.14 bits per heavy atom. The van der Waals surface area contributed by atoms with Crippen LogP contribution in [0.3, 0.4) is 0 Å². The third-order valence-electron chi connectivity index (χ3n) is 6.09. The van der Waals surface area contributed by atoms with E-state index in [1.54, 1.807) is 6.07 Å². The highest BCUT2D eigenvalue weighted by Gasteiger charge is 2.31. The molecule has 7 heteroatoms. The Balaban J connectivity index is 1.79. The van der Waals surface area contributed by atoms with E-state index in [9.17, 15) is 14.7 Å². The van der Waals surface area contributed by atoms with Gasteiger partial charge in [0.2, 0.25) is 5.43 Å². The number of carboxylic acids is 1. The topological polar surface area (TPSA) is 112 Å². The monoisotopic (exact) mass is 380 g/mol. The van der Waals surface area contributed by atoms with Crippen LogP contribution in [0.5, 0.6) is 0 Å². The Hall–Kier alpha value is -2.85. The van der Waals surface area contributed by atoms with Gasteiger partial charge in [-0.25, -0.2) is 4.79 Å². The lowest BCUT2D eigenvalue weighted by atomic mass is 9.97. The van der Waals surface area contributed by atoms with Gasteiger partial charge in [0.25, 0.3) is 0 Å². The third-order valence-corrected chi connectivity index (χ3v) is 6.09. The number of fused-ring (bicyclic) bond motifs is 1. The number of pyridine rings is 1. The number of nitriles is 1. The Morgan fingerprint density at radius 1 is 1.39 bits per heavy atom. The third kappa shape index (κ3) is 3.04. The molecule has 1 aliphatic heterocycles. The number of carbonyl (C=O) groups is 1. The maximum Gasteiger partial charge on any atom is 0.341 e. The minimum absolute atomic E-state index is 0.126. The van der Waals surface area contributed by atoms with E-state index < -0.39 is 11.4 Å². The van der Waals surface area contributed by atoms with Crippen molar-refractivity contribution in [1.82, 2.24) is 4.57 Å². The van der Waals surface area contributed by atoms with Gasteiger partial charge >= 0.3 is 5.97 Å². The number of aromatic nitrogens is 1. The molecule has 1 saturated carbocycles. The summed E-state index contributed by atoms with van der Waals surface area (Å²) < 4.78 is 1.98. The van der Waals surface area contributed by atoms with Crippen molar-refractivity contribution in [2.24, 2.45) is 11.7 Å². The number of rotatable bonds is 5. The maximum absolute atomic E-state index is 12.7. The Morgan fingerprint density at radius 3 is 2.79 bits per heavy atom. The smallest absolute Gasteiger partial charge is 0.341 e. The molecule has 2 aromatic rings. The number of aromatic carboxylic acids is 1. The van der Waals surface area contributed by atoms with Crippen LogP contribution in [0.1, 0.15) is 47.6 Å². The van der Waals surface area contributed by atoms with Crippen LogP contribution in [0.2, 0.25) is 0 Å². The number of aryl methyl sites for hydroxylation is 1. The number of benzene rings is 1. The van der Waals surface area contributed by atoms with E-state index in [0.29, 0.717) is 11.8 Å². The first-order chi connectivity index (χ1) is 13.4. The Bertz CT molecular complexity index is 1050. The summed E-state index contributed by atoms with van der Waals surface area (Å²) in [5, 5.41) is 18.8. The van der Waals surface area contributed by atoms with Crippen molar-refractivity contribution in [3.05, 3.63) is 39.7 Å². The second-order valence-corrected chi connectivity index (χ2v) is 7.94. The van der Waals surface area contributed by atoms with Gasteiger partial charge in [-0.1, -0.05) is 0 Å². The van der Waals surface area contributed by atoms with Gasteiger partial charge in [0.05, 0.1) is 18.0 Å². The normalized spacial score (nSPS) is 20.3. The molecular formula is C21H24N4O3. The Labute approximate surface area is 163 Å². The van der Waals surface area contributed by atoms with Crippen LogP contribution < -0.4 is 16.1 Å². The highest BCUT2D eigenvalue weighted by Crippen LogP contribution is 2.39. The second-order valence-electron chi connectivity index (χ2n) is 7.94. The first kappa shape index (κ1) is 18.5. The van der Waals surface area contributed by atoms with Gasteiger partial charge in [0, 0.05) is 42.4 Å². The molecule has 2 heterocycles. The average Bonchev–Trinajstić information content (AvgIpc) is 3.39. The van der Waals surface area contributed by atoms with Crippen molar-refractivity contribution in [2.75, 3.05) is 18.0 Å². The zero-order chi connectivity index (χ0) is 20.0. The van der Waals surface area contributed by atoms with Crippen LogP contribution in [0.15, 0.2) is 23.1 Å². The van der Waals surface area contributed by atoms with E-state index in [4.69, 9.17) is 11.0 Å². The van der Waals surface area contributed by atoms with Crippen molar-refractivity contribution in [3.8, 4) is 6.07 Å². The molecule has 3 N–H and O–H groups in total. The molecule has 4 rings (SSSR count). The molecule has 0 bridgehead atoms. The quantitative estimate of drug-likeness (QED) is 0.824. The summed E-state index contributed by atoms with van der Waals surface area (Å²) in [5.41, 5.74) is 8.43. The molecule has 1 aromatic carbocycles. The summed E-state index contributed by atoms with van der Waals surface area (Å²) in [6, 6.07) is 5.96. The van der Waals surface area contributed by atoms with Gasteiger partial charge < -0.3 is 20.3 Å². The van der Waals surface area contributed by atoms with E-state index >= 15 is 0 Å². The summed E-state index contributed by atoms with van der Waals surface area (Å²) in [6.07, 6.45) is 4.80. The number of nitrogens with zero attached hydrogens (tertiary/aromatic N) is 3. The van der Waals surface area contributed by atoms with Crippen LogP contribution in [-0.2, 0) is 0 Å². The molecule has 1 saturated heterocycles. The molecular weight excluding hydrogens is 356 g/mol. The van der Waals surface area contributed by atoms with Gasteiger partial charge in [0.1, 0.15) is 5.56 Å². The van der Waals surface area contributed by atoms with Crippen LogP contribution in [-0.4, -0.2) is 34.8 Å². The molecule has 7 nitrogen and oxygen atoms in total. The van der Waals surface area contributed by atoms with E-state index in [1.165, 1.54) is 6.20 Å². The average molecular weight is 380 g/mol. The molecule has 1 aliphatic carbocycles. The van der Waals surface area contributed by atoms with Gasteiger partial charge in [-0.15, -0.1) is 0 Å². The van der Waals surface area contributed by atoms with Crippen LogP contribution in [0.25, 0.3) is 10.9 Å². The number of nitrogens with two attached hydrogens (primary N) is 1. The van der Waals surface area contributed by atoms with Crippen LogP contribution >= 0.6 is 0 Å². The minimum Gasteiger partial charge on any atom is -0.477 e. The van der Waals surface area contributed by atoms with Gasteiger partial charge in [-0.3, -0.25) is 4.79 Å². The standard InChI is InChI=1S/C21H24N4O3/c1-12-18(24-9-7-13(10-24)17(23)6-8-22)5-4-15-19(12)25(14-2-3-14)11-16(20(15)26)21(27)28/h4-5,11,13-14,17H,2-3,6-7,9-10,23H2,1H3,(H,27,28). The maximum atomic E-state index is 12.7. The number of anilines is 1. The molecule has 0 radical (unpaired) electrons. The molecule has 146 valence electrons. The van der Waals surface area contributed by atoms with Crippen molar-refractivity contribution in [1.29, 1.82) is 5.26 Å². The molecule has 2 aliphatic rings. The number of hydrogen-bond donors (Lipinski definition) is 2. The van der Waals surface area contributed by atoms with Gasteiger partial charge in [-0.05, 0) is 49.8 Å². The SMILES string of the molecule is Cc1c(N2CCC(C(N)CC#N)C2)ccc2c(=O)c(C(=O)O)cn(C3CC3)c12. The minimum atomic E-state index is -1.18. The van der Waals surface area contributed by atoms with Gasteiger partial charge in [0.15, 0.2) is 0 Å². The number of hydrogen-bond acceptors (Lipinski definition) is 5. The molecule has 28 heavy (non-hydrogen) atoms. The first-order valence-corrected chi connectivity index (χ1v) is 9.71. The summed E-state index contributed by atoms with van der Waals surface area (Å²) in [5.74, 6) is -0.911. The Kier molecular flexibility index (Phi) is 4.60. The summed E-state index contributed by atoms with van der Waals surface area (Å²) in [7, 11) is 0. The second kappa shape index (κ2) is 6.95. The van der Waals surface area contributed by atoms with E-state index in [1.807, 2.05) is 17.6 Å². The zero-order valence-corrected chi connectivity index (χ0v) is 15.9. The van der Waals surface area contributed by atoms with Crippen LogP contribution in [0.4, 0.5) is 5.69 Å². The van der Waals surface area contributed by atoms with Crippen molar-refractivity contribution in [2.45, 2.75) is 44.7 Å². The molecule has 0 amide bonds. The number of carboxylic acid groups (broad SMARTS) is 1. The largest absolute Gasteiger partial charge is 0.477 e. The fraction of sp³-hybridized carbons (Fsp3) is 0.476. The van der Waals surface area contributed by atoms with Crippen LogP contribution in [0, 0.1) is 24.2 Å². The summed E-state index contributed by atoms with van der Waals surface area (Å²) in [6.45, 7) is 3.64. The predicted octanol–water partition coefficient (Wildman–Crippen LogP) is 2.41. The molecule has 2 fully saturated rings. The van der Waals surface area contributed by atoms with Crippen molar-refractivity contribution >= 4 is 22.6 Å². The first-order valence-electron chi connectivity index (χ1n) is 9.71. The molecule has 2 atom stereocenters. The van der Waals surface area contributed by atoms with E-state index in [0.717, 1.165) is 49.1 Å². The van der Waals surface area contributed by atoms with E-state index in [-0.39, 0.29) is 23.6 Å². The van der Waals surface area contributed by atoms with Gasteiger partial charge in [-0.2, -0.15) is 5.26 Å². The van der Waals surface area contributed by atoms with Crippen molar-refractivity contribution < 1.29 is 9.90 Å². The lowest BCUT2D eigenvalue weighted by Gasteiger charge is -2.24. The summed E-state index contributed by atoms with van der Waals surface area (Å²) >= 11 is 0. The predicted molar refractivity (Wildman–Crippen MR) is 107 cm³/mol. The lowest BCUT2D eigenvalue weighted by molar-refractivity contribution is 0.0695. The fourth-order valence-corrected chi connectivity index (χ4v) is 4.38. The summed E-state index contributed by atoms with van der Waals surface area (Å²) in [4.78, 5) is 26.5.